The van der Waals surface area contributed by atoms with E-state index in [9.17, 15) is 9.50 Å². The van der Waals surface area contributed by atoms with Gasteiger partial charge in [-0.25, -0.2) is 4.39 Å². The zero-order chi connectivity index (χ0) is 14.0. The second kappa shape index (κ2) is 4.97. The minimum absolute atomic E-state index is 0.296. The maximum absolute atomic E-state index is 13.0. The van der Waals surface area contributed by atoms with Gasteiger partial charge in [-0.15, -0.1) is 0 Å². The van der Waals surface area contributed by atoms with Crippen LogP contribution >= 0.6 is 0 Å². The Kier molecular flexibility index (Phi) is 3.53. The summed E-state index contributed by atoms with van der Waals surface area (Å²) in [6, 6.07) is 7.77. The van der Waals surface area contributed by atoms with Crippen molar-refractivity contribution >= 4 is 5.69 Å². The van der Waals surface area contributed by atoms with E-state index < -0.39 is 11.5 Å². The predicted molar refractivity (Wildman–Crippen MR) is 73.0 cm³/mol. The van der Waals surface area contributed by atoms with Crippen molar-refractivity contribution < 1.29 is 9.50 Å². The molecule has 19 heavy (non-hydrogen) atoms. The number of nitrogen functional groups attached to an aromatic ring is 1. The van der Waals surface area contributed by atoms with Crippen LogP contribution in [0, 0.1) is 5.82 Å². The molecule has 0 fully saturated rings. The fourth-order valence-corrected chi connectivity index (χ4v) is 2.07. The number of hydrogen-bond acceptors (Lipinski definition) is 3. The summed E-state index contributed by atoms with van der Waals surface area (Å²) in [5.41, 5.74) is 7.18. The minimum Gasteiger partial charge on any atom is -0.398 e. The number of aliphatic hydroxyl groups excluding tert-OH is 1. The summed E-state index contributed by atoms with van der Waals surface area (Å²) in [7, 11) is 0. The monoisotopic (exact) mass is 260 g/mol. The van der Waals surface area contributed by atoms with Gasteiger partial charge in [0.05, 0.1) is 6.10 Å². The summed E-state index contributed by atoms with van der Waals surface area (Å²) in [5, 5.41) is 10.5. The lowest BCUT2D eigenvalue weighted by Gasteiger charge is -2.31. The van der Waals surface area contributed by atoms with Gasteiger partial charge in [-0.3, -0.25) is 4.98 Å². The number of benzene rings is 1. The quantitative estimate of drug-likeness (QED) is 0.892. The van der Waals surface area contributed by atoms with Crippen LogP contribution in [0.1, 0.15) is 31.1 Å². The second-order valence-electron chi connectivity index (χ2n) is 5.14. The number of halogens is 1. The maximum Gasteiger partial charge on any atom is 0.123 e. The number of nitrogens with two attached hydrogens (primary N) is 1. The van der Waals surface area contributed by atoms with Gasteiger partial charge in [0, 0.05) is 29.1 Å². The zero-order valence-corrected chi connectivity index (χ0v) is 11.0. The van der Waals surface area contributed by atoms with Gasteiger partial charge in [0.2, 0.25) is 0 Å². The molecule has 4 heteroatoms. The summed E-state index contributed by atoms with van der Waals surface area (Å²) in [6.45, 7) is 3.77. The number of nitrogens with zero attached hydrogens (tertiary/aromatic N) is 1. The van der Waals surface area contributed by atoms with Crippen LogP contribution in [0.25, 0.3) is 0 Å². The molecule has 0 spiro atoms. The first-order valence-corrected chi connectivity index (χ1v) is 6.06. The van der Waals surface area contributed by atoms with Gasteiger partial charge in [0.25, 0.3) is 0 Å². The van der Waals surface area contributed by atoms with Crippen LogP contribution in [0.2, 0.25) is 0 Å². The lowest BCUT2D eigenvalue weighted by atomic mass is 9.76. The summed E-state index contributed by atoms with van der Waals surface area (Å²) in [5.74, 6) is -0.296. The molecule has 2 aromatic rings. The Morgan fingerprint density at radius 2 is 1.84 bits per heavy atom. The van der Waals surface area contributed by atoms with Crippen LogP contribution in [0.5, 0.6) is 0 Å². The first-order valence-electron chi connectivity index (χ1n) is 6.06. The number of aromatic nitrogens is 1. The highest BCUT2D eigenvalue weighted by molar-refractivity contribution is 5.47. The Balaban J connectivity index is 2.39. The van der Waals surface area contributed by atoms with Crippen LogP contribution in [0.3, 0.4) is 0 Å². The van der Waals surface area contributed by atoms with Crippen molar-refractivity contribution in [1.82, 2.24) is 4.98 Å². The third-order valence-corrected chi connectivity index (χ3v) is 3.45. The van der Waals surface area contributed by atoms with Crippen molar-refractivity contribution in [3.63, 3.8) is 0 Å². The molecule has 1 heterocycles. The van der Waals surface area contributed by atoms with Crippen LogP contribution in [0.4, 0.5) is 10.1 Å². The van der Waals surface area contributed by atoms with Crippen LogP contribution in [-0.2, 0) is 5.41 Å². The molecule has 3 nitrogen and oxygen atoms in total. The number of hydrogen-bond donors (Lipinski definition) is 2. The minimum atomic E-state index is -0.813. The van der Waals surface area contributed by atoms with E-state index in [1.54, 1.807) is 30.6 Å². The molecule has 0 bridgehead atoms. The average molecular weight is 260 g/mol. The molecule has 1 aromatic carbocycles. The van der Waals surface area contributed by atoms with E-state index in [1.807, 2.05) is 13.8 Å². The Morgan fingerprint density at radius 3 is 2.42 bits per heavy atom. The van der Waals surface area contributed by atoms with Gasteiger partial charge < -0.3 is 10.8 Å². The van der Waals surface area contributed by atoms with Crippen LogP contribution < -0.4 is 5.73 Å². The summed E-state index contributed by atoms with van der Waals surface area (Å²) in [4.78, 5) is 3.99. The summed E-state index contributed by atoms with van der Waals surface area (Å²) in [6.07, 6.45) is 2.33. The molecular weight excluding hydrogens is 243 g/mol. The second-order valence-corrected chi connectivity index (χ2v) is 5.14. The molecule has 0 aliphatic heterocycles. The van der Waals surface area contributed by atoms with Gasteiger partial charge in [-0.2, -0.15) is 0 Å². The molecule has 3 N–H and O–H groups in total. The third kappa shape index (κ3) is 2.58. The van der Waals surface area contributed by atoms with Crippen molar-refractivity contribution in [3.8, 4) is 0 Å². The van der Waals surface area contributed by atoms with E-state index in [0.29, 0.717) is 11.3 Å². The lowest BCUT2D eigenvalue weighted by Crippen LogP contribution is -2.27. The Hall–Kier alpha value is -1.94. The molecule has 100 valence electrons. The Morgan fingerprint density at radius 1 is 1.21 bits per heavy atom. The summed E-state index contributed by atoms with van der Waals surface area (Å²) < 4.78 is 13.0. The molecular formula is C15H17FN2O. The van der Waals surface area contributed by atoms with Crippen molar-refractivity contribution in [2.75, 3.05) is 5.73 Å². The van der Waals surface area contributed by atoms with Crippen LogP contribution in [-0.4, -0.2) is 10.1 Å². The number of rotatable bonds is 3. The van der Waals surface area contributed by atoms with E-state index in [-0.39, 0.29) is 5.82 Å². The molecule has 1 unspecified atom stereocenters. The molecule has 0 saturated carbocycles. The molecule has 1 aromatic heterocycles. The molecule has 0 aliphatic carbocycles. The molecule has 0 radical (unpaired) electrons. The highest BCUT2D eigenvalue weighted by Gasteiger charge is 2.32. The first-order chi connectivity index (χ1) is 8.93. The fourth-order valence-electron chi connectivity index (χ4n) is 2.07. The van der Waals surface area contributed by atoms with Gasteiger partial charge in [-0.1, -0.05) is 26.0 Å². The number of anilines is 1. The SMILES string of the molecule is CC(C)(c1ccc(F)cc1)C(O)c1cnccc1N. The summed E-state index contributed by atoms with van der Waals surface area (Å²) >= 11 is 0. The zero-order valence-electron chi connectivity index (χ0n) is 11.0. The van der Waals surface area contributed by atoms with Gasteiger partial charge in [-0.05, 0) is 23.8 Å². The van der Waals surface area contributed by atoms with E-state index in [2.05, 4.69) is 4.98 Å². The van der Waals surface area contributed by atoms with Crippen LogP contribution in [0.15, 0.2) is 42.7 Å². The van der Waals surface area contributed by atoms with E-state index in [4.69, 9.17) is 5.73 Å². The van der Waals surface area contributed by atoms with Gasteiger partial charge in [0.15, 0.2) is 0 Å². The van der Waals surface area contributed by atoms with Crippen molar-refractivity contribution in [3.05, 3.63) is 59.7 Å². The average Bonchev–Trinajstić information content (AvgIpc) is 2.39. The third-order valence-electron chi connectivity index (χ3n) is 3.45. The van der Waals surface area contributed by atoms with Crippen molar-refractivity contribution in [2.24, 2.45) is 0 Å². The van der Waals surface area contributed by atoms with Gasteiger partial charge >= 0.3 is 0 Å². The lowest BCUT2D eigenvalue weighted by molar-refractivity contribution is 0.101. The molecule has 0 saturated heterocycles. The maximum atomic E-state index is 13.0. The van der Waals surface area contributed by atoms with Gasteiger partial charge in [0.1, 0.15) is 5.82 Å². The normalized spacial score (nSPS) is 13.3. The largest absolute Gasteiger partial charge is 0.398 e. The van der Waals surface area contributed by atoms with E-state index in [0.717, 1.165) is 5.56 Å². The smallest absolute Gasteiger partial charge is 0.123 e. The predicted octanol–water partition coefficient (Wildman–Crippen LogP) is 2.81. The van der Waals surface area contributed by atoms with Crippen molar-refractivity contribution in [2.45, 2.75) is 25.4 Å². The molecule has 0 amide bonds. The van der Waals surface area contributed by atoms with E-state index >= 15 is 0 Å². The fraction of sp³-hybridized carbons (Fsp3) is 0.267. The molecule has 0 aliphatic rings. The Bertz CT molecular complexity index is 567. The molecule has 2 rings (SSSR count). The standard InChI is InChI=1S/C15H17FN2O/c1-15(2,10-3-5-11(16)6-4-10)14(19)12-9-18-8-7-13(12)17/h3-9,14,19H,1-2H3,(H2,17,18). The molecule has 1 atom stereocenters. The highest BCUT2D eigenvalue weighted by atomic mass is 19.1. The first kappa shape index (κ1) is 13.5. The Labute approximate surface area is 111 Å². The highest BCUT2D eigenvalue weighted by Crippen LogP contribution is 2.38. The topological polar surface area (TPSA) is 59.1 Å². The van der Waals surface area contributed by atoms with Crippen molar-refractivity contribution in [1.29, 1.82) is 0 Å². The number of pyridine rings is 1. The number of aliphatic hydroxyl groups is 1. The van der Waals surface area contributed by atoms with E-state index in [1.165, 1.54) is 12.1 Å².